The number of rotatable bonds is 5. The van der Waals surface area contributed by atoms with Crippen molar-refractivity contribution >= 4 is 17.6 Å². The van der Waals surface area contributed by atoms with E-state index in [-0.39, 0.29) is 6.61 Å². The van der Waals surface area contributed by atoms with Gasteiger partial charge in [0.05, 0.1) is 12.3 Å². The van der Waals surface area contributed by atoms with Crippen LogP contribution in [0, 0.1) is 0 Å². The van der Waals surface area contributed by atoms with Gasteiger partial charge in [-0.25, -0.2) is 9.59 Å². The van der Waals surface area contributed by atoms with Crippen LogP contribution in [0.3, 0.4) is 0 Å². The van der Waals surface area contributed by atoms with Crippen LogP contribution >= 0.6 is 0 Å². The summed E-state index contributed by atoms with van der Waals surface area (Å²) in [6, 6.07) is 6.08. The van der Waals surface area contributed by atoms with Crippen molar-refractivity contribution < 1.29 is 19.1 Å². The number of ether oxygens (including phenoxy) is 2. The third kappa shape index (κ3) is 2.66. The van der Waals surface area contributed by atoms with Crippen molar-refractivity contribution in [2.75, 3.05) is 18.1 Å². The summed E-state index contributed by atoms with van der Waals surface area (Å²) in [5.74, 6) is -0.732. The number of esters is 2. The minimum atomic E-state index is -1.05. The number of benzene rings is 1. The highest BCUT2D eigenvalue weighted by molar-refractivity contribution is 6.05. The van der Waals surface area contributed by atoms with Gasteiger partial charge in [-0.3, -0.25) is 0 Å². The Morgan fingerprint density at radius 3 is 2.95 bits per heavy atom. The van der Waals surface area contributed by atoms with E-state index in [0.717, 1.165) is 0 Å². The molecule has 1 atom stereocenters. The van der Waals surface area contributed by atoms with Crippen molar-refractivity contribution in [1.82, 2.24) is 0 Å². The molecule has 1 aromatic carbocycles. The van der Waals surface area contributed by atoms with Gasteiger partial charge in [0, 0.05) is 6.54 Å². The Labute approximate surface area is 117 Å². The molecule has 0 radical (unpaired) electrons. The van der Waals surface area contributed by atoms with Gasteiger partial charge in [-0.1, -0.05) is 18.2 Å². The maximum absolute atomic E-state index is 12.1. The second-order valence-corrected chi connectivity index (χ2v) is 4.31. The van der Waals surface area contributed by atoms with Crippen molar-refractivity contribution in [3.63, 3.8) is 0 Å². The molecule has 20 heavy (non-hydrogen) atoms. The first-order valence-electron chi connectivity index (χ1n) is 6.54. The van der Waals surface area contributed by atoms with Crippen LogP contribution in [0.4, 0.5) is 5.69 Å². The molecule has 0 amide bonds. The summed E-state index contributed by atoms with van der Waals surface area (Å²) in [5.41, 5.74) is 0.715. The third-order valence-corrected chi connectivity index (χ3v) is 3.00. The molecule has 1 aromatic rings. The van der Waals surface area contributed by atoms with Gasteiger partial charge >= 0.3 is 11.9 Å². The minimum Gasteiger partial charge on any atom is -0.464 e. The second-order valence-electron chi connectivity index (χ2n) is 4.31. The average molecular weight is 275 g/mol. The molecule has 2 rings (SSSR count). The fourth-order valence-electron chi connectivity index (χ4n) is 2.14. The van der Waals surface area contributed by atoms with Gasteiger partial charge in [-0.15, -0.1) is 6.58 Å². The third-order valence-electron chi connectivity index (χ3n) is 3.00. The van der Waals surface area contributed by atoms with Gasteiger partial charge < -0.3 is 14.4 Å². The van der Waals surface area contributed by atoms with Gasteiger partial charge in [-0.05, 0) is 25.5 Å². The van der Waals surface area contributed by atoms with Crippen LogP contribution in [0.15, 0.2) is 36.9 Å². The average Bonchev–Trinajstić information content (AvgIpc) is 2.44. The molecule has 5 heteroatoms. The number of nitrogens with zero attached hydrogens (tertiary/aromatic N) is 1. The van der Waals surface area contributed by atoms with Gasteiger partial charge in [0.15, 0.2) is 5.75 Å². The summed E-state index contributed by atoms with van der Waals surface area (Å²) < 4.78 is 10.2. The Balaban J connectivity index is 2.37. The van der Waals surface area contributed by atoms with Crippen LogP contribution in [0.5, 0.6) is 5.75 Å². The molecular weight excluding hydrogens is 258 g/mol. The van der Waals surface area contributed by atoms with Crippen molar-refractivity contribution in [2.45, 2.75) is 19.4 Å². The lowest BCUT2D eigenvalue weighted by molar-refractivity contribution is -0.153. The minimum absolute atomic E-state index is 0.222. The lowest BCUT2D eigenvalue weighted by atomic mass is 10.1. The quantitative estimate of drug-likeness (QED) is 0.355. The predicted molar refractivity (Wildman–Crippen MR) is 74.7 cm³/mol. The smallest absolute Gasteiger partial charge is 0.346 e. The normalized spacial score (nSPS) is 17.1. The van der Waals surface area contributed by atoms with E-state index < -0.39 is 18.0 Å². The van der Waals surface area contributed by atoms with E-state index in [1.165, 1.54) is 0 Å². The van der Waals surface area contributed by atoms with Crippen LogP contribution in [0.2, 0.25) is 0 Å². The number of para-hydroxylation sites is 2. The molecule has 1 aliphatic heterocycles. The van der Waals surface area contributed by atoms with E-state index in [1.807, 2.05) is 12.1 Å². The maximum Gasteiger partial charge on any atom is 0.346 e. The molecule has 0 aliphatic carbocycles. The predicted octanol–water partition coefficient (Wildman–Crippen LogP) is 1.92. The van der Waals surface area contributed by atoms with Gasteiger partial charge in [-0.2, -0.15) is 0 Å². The fraction of sp³-hybridized carbons (Fsp3) is 0.333. The molecule has 1 unspecified atom stereocenters. The van der Waals surface area contributed by atoms with E-state index in [0.29, 0.717) is 24.4 Å². The van der Waals surface area contributed by atoms with Gasteiger partial charge in [0.1, 0.15) is 0 Å². The van der Waals surface area contributed by atoms with Gasteiger partial charge in [0.2, 0.25) is 6.04 Å². The largest absolute Gasteiger partial charge is 0.464 e. The standard InChI is InChI=1S/C15H17NO4/c1-3-5-10-16-11-8-6-7-9-12(11)20-15(18)13(16)14(17)19-4-2/h3,6-9,13H,1,4-5,10H2,2H3. The molecule has 0 fully saturated rings. The van der Waals surface area contributed by atoms with Crippen molar-refractivity contribution in [2.24, 2.45) is 0 Å². The molecule has 0 spiro atoms. The Morgan fingerprint density at radius 1 is 1.50 bits per heavy atom. The fourth-order valence-corrected chi connectivity index (χ4v) is 2.14. The lowest BCUT2D eigenvalue weighted by Gasteiger charge is -2.35. The number of hydrogen-bond donors (Lipinski definition) is 0. The van der Waals surface area contributed by atoms with Crippen LogP contribution in [-0.2, 0) is 14.3 Å². The van der Waals surface area contributed by atoms with E-state index >= 15 is 0 Å². The van der Waals surface area contributed by atoms with Crippen LogP contribution < -0.4 is 9.64 Å². The van der Waals surface area contributed by atoms with Crippen molar-refractivity contribution in [1.29, 1.82) is 0 Å². The van der Waals surface area contributed by atoms with Crippen molar-refractivity contribution in [3.05, 3.63) is 36.9 Å². The van der Waals surface area contributed by atoms with Crippen LogP contribution in [-0.4, -0.2) is 31.1 Å². The highest BCUT2D eigenvalue weighted by Crippen LogP contribution is 2.34. The van der Waals surface area contributed by atoms with Crippen LogP contribution in [0.1, 0.15) is 13.3 Å². The number of hydrogen-bond acceptors (Lipinski definition) is 5. The highest BCUT2D eigenvalue weighted by Gasteiger charge is 2.40. The number of fused-ring (bicyclic) bond motifs is 1. The SMILES string of the molecule is C=CCCN1c2ccccc2OC(=O)C1C(=O)OCC. The Bertz CT molecular complexity index is 526. The molecule has 106 valence electrons. The van der Waals surface area contributed by atoms with E-state index in [2.05, 4.69) is 6.58 Å². The first-order valence-corrected chi connectivity index (χ1v) is 6.54. The summed E-state index contributed by atoms with van der Waals surface area (Å²) >= 11 is 0. The Morgan fingerprint density at radius 2 is 2.25 bits per heavy atom. The molecule has 5 nitrogen and oxygen atoms in total. The molecule has 0 N–H and O–H groups in total. The number of anilines is 1. The van der Waals surface area contributed by atoms with Crippen LogP contribution in [0.25, 0.3) is 0 Å². The summed E-state index contributed by atoms with van der Waals surface area (Å²) in [7, 11) is 0. The number of carbonyl (C=O) groups excluding carboxylic acids is 2. The molecule has 0 bridgehead atoms. The molecule has 0 saturated carbocycles. The zero-order valence-electron chi connectivity index (χ0n) is 11.4. The molecule has 0 saturated heterocycles. The van der Waals surface area contributed by atoms with Crippen molar-refractivity contribution in [3.8, 4) is 5.75 Å². The first-order chi connectivity index (χ1) is 9.69. The monoisotopic (exact) mass is 275 g/mol. The zero-order valence-corrected chi connectivity index (χ0v) is 11.4. The summed E-state index contributed by atoms with van der Waals surface area (Å²) in [4.78, 5) is 25.8. The number of carbonyl (C=O) groups is 2. The summed E-state index contributed by atoms with van der Waals surface area (Å²) in [5, 5.41) is 0. The van der Waals surface area contributed by atoms with Gasteiger partial charge in [0.25, 0.3) is 0 Å². The maximum atomic E-state index is 12.1. The lowest BCUT2D eigenvalue weighted by Crippen LogP contribution is -2.52. The van der Waals surface area contributed by atoms with E-state index in [4.69, 9.17) is 9.47 Å². The zero-order chi connectivity index (χ0) is 14.5. The van der Waals surface area contributed by atoms with E-state index in [9.17, 15) is 9.59 Å². The highest BCUT2D eigenvalue weighted by atomic mass is 16.6. The first kappa shape index (κ1) is 14.1. The molecule has 0 aromatic heterocycles. The Kier molecular flexibility index (Phi) is 4.40. The Hall–Kier alpha value is -2.30. The molecule has 1 aliphatic rings. The summed E-state index contributed by atoms with van der Waals surface area (Å²) in [6.07, 6.45) is 2.39. The summed E-state index contributed by atoms with van der Waals surface area (Å²) in [6.45, 7) is 6.09. The van der Waals surface area contributed by atoms with E-state index in [1.54, 1.807) is 30.0 Å². The topological polar surface area (TPSA) is 55.8 Å². The molecule has 1 heterocycles. The second kappa shape index (κ2) is 6.23. The molecular formula is C15H17NO4.